The molecule has 2 nitrogen and oxygen atoms in total. The standard InChI is InChI=1S/C20H17NOS/c22-19-12-6-4-10-17(19)14-21-18-11-5-7-13-20(18)23-15-16-8-2-1-3-9-16/h1-14,22H,15H2. The molecule has 0 heterocycles. The third-order valence-electron chi connectivity index (χ3n) is 3.38. The Morgan fingerprint density at radius 3 is 2.35 bits per heavy atom. The summed E-state index contributed by atoms with van der Waals surface area (Å²) in [5, 5.41) is 9.81. The number of hydrogen-bond acceptors (Lipinski definition) is 3. The van der Waals surface area contributed by atoms with Gasteiger partial charge in [0.05, 0.1) is 5.69 Å². The Morgan fingerprint density at radius 2 is 1.52 bits per heavy atom. The topological polar surface area (TPSA) is 32.6 Å². The molecule has 0 saturated heterocycles. The van der Waals surface area contributed by atoms with E-state index in [9.17, 15) is 5.11 Å². The molecule has 0 atom stereocenters. The van der Waals surface area contributed by atoms with Crippen molar-refractivity contribution < 1.29 is 5.11 Å². The second kappa shape index (κ2) is 7.65. The quantitative estimate of drug-likeness (QED) is 0.502. The molecule has 0 amide bonds. The van der Waals surface area contributed by atoms with Crippen LogP contribution in [0.25, 0.3) is 0 Å². The minimum absolute atomic E-state index is 0.241. The number of phenolic OH excluding ortho intramolecular Hbond substituents is 1. The molecule has 0 unspecified atom stereocenters. The van der Waals surface area contributed by atoms with Crippen LogP contribution in [0.1, 0.15) is 11.1 Å². The minimum Gasteiger partial charge on any atom is -0.507 e. The van der Waals surface area contributed by atoms with Gasteiger partial charge in [-0.3, -0.25) is 4.99 Å². The Balaban J connectivity index is 1.77. The molecular formula is C20H17NOS. The molecule has 0 spiro atoms. The normalized spacial score (nSPS) is 11.0. The Hall–Kier alpha value is -2.52. The molecule has 3 aromatic rings. The van der Waals surface area contributed by atoms with Gasteiger partial charge in [0, 0.05) is 22.4 Å². The number of aliphatic imine (C=N–C) groups is 1. The van der Waals surface area contributed by atoms with Crippen LogP contribution < -0.4 is 0 Å². The van der Waals surface area contributed by atoms with Crippen molar-refractivity contribution in [2.24, 2.45) is 4.99 Å². The van der Waals surface area contributed by atoms with Gasteiger partial charge in [0.2, 0.25) is 0 Å². The van der Waals surface area contributed by atoms with Crippen molar-refractivity contribution in [3.63, 3.8) is 0 Å². The lowest BCUT2D eigenvalue weighted by molar-refractivity contribution is 0.474. The molecular weight excluding hydrogens is 302 g/mol. The number of benzene rings is 3. The van der Waals surface area contributed by atoms with Crippen molar-refractivity contribution in [1.29, 1.82) is 0 Å². The minimum atomic E-state index is 0.241. The first-order valence-corrected chi connectivity index (χ1v) is 8.39. The molecule has 114 valence electrons. The summed E-state index contributed by atoms with van der Waals surface area (Å²) in [6.45, 7) is 0. The van der Waals surface area contributed by atoms with Crippen LogP contribution in [0.5, 0.6) is 5.75 Å². The number of hydrogen-bond donors (Lipinski definition) is 1. The largest absolute Gasteiger partial charge is 0.507 e. The van der Waals surface area contributed by atoms with Gasteiger partial charge in [-0.25, -0.2) is 0 Å². The van der Waals surface area contributed by atoms with E-state index < -0.39 is 0 Å². The molecule has 1 N–H and O–H groups in total. The van der Waals surface area contributed by atoms with E-state index in [-0.39, 0.29) is 5.75 Å². The third kappa shape index (κ3) is 4.24. The van der Waals surface area contributed by atoms with Crippen molar-refractivity contribution in [3.8, 4) is 5.75 Å². The second-order valence-corrected chi connectivity index (χ2v) is 6.08. The molecule has 3 rings (SSSR count). The highest BCUT2D eigenvalue weighted by Crippen LogP contribution is 2.31. The van der Waals surface area contributed by atoms with Gasteiger partial charge in [-0.05, 0) is 29.8 Å². The van der Waals surface area contributed by atoms with Crippen molar-refractivity contribution in [2.45, 2.75) is 10.6 Å². The van der Waals surface area contributed by atoms with E-state index in [1.165, 1.54) is 5.56 Å². The number of phenols is 1. The summed E-state index contributed by atoms with van der Waals surface area (Å²) in [7, 11) is 0. The fraction of sp³-hybridized carbons (Fsp3) is 0.0500. The third-order valence-corrected chi connectivity index (χ3v) is 4.52. The first-order chi connectivity index (χ1) is 11.3. The zero-order chi connectivity index (χ0) is 15.9. The predicted octanol–water partition coefficient (Wildman–Crippen LogP) is 5.44. The smallest absolute Gasteiger partial charge is 0.124 e. The molecule has 0 bridgehead atoms. The van der Waals surface area contributed by atoms with Crippen LogP contribution in [0, 0.1) is 0 Å². The zero-order valence-electron chi connectivity index (χ0n) is 12.6. The summed E-state index contributed by atoms with van der Waals surface area (Å²) >= 11 is 1.76. The van der Waals surface area contributed by atoms with E-state index >= 15 is 0 Å². The first-order valence-electron chi connectivity index (χ1n) is 7.41. The first kappa shape index (κ1) is 15.4. The summed E-state index contributed by atoms with van der Waals surface area (Å²) in [6.07, 6.45) is 1.71. The zero-order valence-corrected chi connectivity index (χ0v) is 13.4. The van der Waals surface area contributed by atoms with E-state index in [4.69, 9.17) is 0 Å². The molecule has 0 fully saturated rings. The van der Waals surface area contributed by atoms with Gasteiger partial charge in [0.1, 0.15) is 5.75 Å². The van der Waals surface area contributed by atoms with Crippen molar-refractivity contribution in [2.75, 3.05) is 0 Å². The van der Waals surface area contributed by atoms with Gasteiger partial charge in [-0.15, -0.1) is 11.8 Å². The van der Waals surface area contributed by atoms with Crippen LogP contribution in [0.2, 0.25) is 0 Å². The maximum atomic E-state index is 9.81. The maximum absolute atomic E-state index is 9.81. The Morgan fingerprint density at radius 1 is 0.826 bits per heavy atom. The van der Waals surface area contributed by atoms with Crippen LogP contribution in [0.3, 0.4) is 0 Å². The maximum Gasteiger partial charge on any atom is 0.124 e. The fourth-order valence-electron chi connectivity index (χ4n) is 2.16. The van der Waals surface area contributed by atoms with E-state index in [0.717, 1.165) is 21.9 Å². The van der Waals surface area contributed by atoms with Crippen molar-refractivity contribution in [3.05, 3.63) is 90.0 Å². The van der Waals surface area contributed by atoms with Gasteiger partial charge in [0.15, 0.2) is 0 Å². The number of aromatic hydroxyl groups is 1. The second-order valence-electron chi connectivity index (χ2n) is 5.06. The molecule has 0 aliphatic rings. The fourth-order valence-corrected chi connectivity index (χ4v) is 3.12. The number of para-hydroxylation sites is 2. The average Bonchev–Trinajstić information content (AvgIpc) is 2.61. The molecule has 0 aliphatic carbocycles. The van der Waals surface area contributed by atoms with Crippen LogP contribution in [-0.2, 0) is 5.75 Å². The van der Waals surface area contributed by atoms with Gasteiger partial charge in [0.25, 0.3) is 0 Å². The van der Waals surface area contributed by atoms with Crippen LogP contribution >= 0.6 is 11.8 Å². The number of nitrogens with zero attached hydrogens (tertiary/aromatic N) is 1. The lowest BCUT2D eigenvalue weighted by atomic mass is 10.2. The van der Waals surface area contributed by atoms with E-state index in [2.05, 4.69) is 35.3 Å². The molecule has 0 aliphatic heterocycles. The van der Waals surface area contributed by atoms with E-state index in [1.807, 2.05) is 36.4 Å². The monoisotopic (exact) mass is 319 g/mol. The predicted molar refractivity (Wildman–Crippen MR) is 97.8 cm³/mol. The van der Waals surface area contributed by atoms with Crippen molar-refractivity contribution >= 4 is 23.7 Å². The van der Waals surface area contributed by atoms with Gasteiger partial charge in [-0.2, -0.15) is 0 Å². The Kier molecular flexibility index (Phi) is 5.12. The average molecular weight is 319 g/mol. The highest BCUT2D eigenvalue weighted by Gasteiger charge is 2.02. The van der Waals surface area contributed by atoms with E-state index in [1.54, 1.807) is 30.1 Å². The van der Waals surface area contributed by atoms with E-state index in [0.29, 0.717) is 0 Å². The van der Waals surface area contributed by atoms with Gasteiger partial charge < -0.3 is 5.11 Å². The lowest BCUT2D eigenvalue weighted by Crippen LogP contribution is -1.83. The summed E-state index contributed by atoms with van der Waals surface area (Å²) < 4.78 is 0. The SMILES string of the molecule is Oc1ccccc1C=Nc1ccccc1SCc1ccccc1. The van der Waals surface area contributed by atoms with Crippen LogP contribution in [-0.4, -0.2) is 11.3 Å². The highest BCUT2D eigenvalue weighted by molar-refractivity contribution is 7.98. The molecule has 0 saturated carbocycles. The summed E-state index contributed by atoms with van der Waals surface area (Å²) in [6, 6.07) is 25.6. The summed E-state index contributed by atoms with van der Waals surface area (Å²) in [5.74, 6) is 1.15. The van der Waals surface area contributed by atoms with Gasteiger partial charge in [-0.1, -0.05) is 54.6 Å². The Bertz CT molecular complexity index is 800. The highest BCUT2D eigenvalue weighted by atomic mass is 32.2. The number of thioether (sulfide) groups is 1. The van der Waals surface area contributed by atoms with Crippen LogP contribution in [0.15, 0.2) is 88.8 Å². The number of rotatable bonds is 5. The molecule has 3 heteroatoms. The summed E-state index contributed by atoms with van der Waals surface area (Å²) in [4.78, 5) is 5.67. The van der Waals surface area contributed by atoms with Crippen molar-refractivity contribution in [1.82, 2.24) is 0 Å². The Labute approximate surface area is 140 Å². The lowest BCUT2D eigenvalue weighted by Gasteiger charge is -2.05. The molecule has 3 aromatic carbocycles. The van der Waals surface area contributed by atoms with Gasteiger partial charge >= 0.3 is 0 Å². The molecule has 0 aromatic heterocycles. The molecule has 23 heavy (non-hydrogen) atoms. The van der Waals surface area contributed by atoms with Crippen LogP contribution in [0.4, 0.5) is 5.69 Å². The molecule has 0 radical (unpaired) electrons. The summed E-state index contributed by atoms with van der Waals surface area (Å²) in [5.41, 5.74) is 2.92.